The first kappa shape index (κ1) is 22.5. The van der Waals surface area contributed by atoms with Crippen LogP contribution in [-0.4, -0.2) is 58.6 Å². The van der Waals surface area contributed by atoms with Crippen molar-refractivity contribution in [1.82, 2.24) is 19.8 Å². The number of aromatic amines is 1. The monoisotopic (exact) mass is 478 g/mol. The molecular formula is C25H26N4O4S. The van der Waals surface area contributed by atoms with Crippen molar-refractivity contribution in [3.63, 3.8) is 0 Å². The maximum atomic E-state index is 12.9. The molecule has 1 saturated heterocycles. The quantitative estimate of drug-likeness (QED) is 0.413. The van der Waals surface area contributed by atoms with Gasteiger partial charge in [0.25, 0.3) is 5.56 Å². The minimum atomic E-state index is -0.234. The molecule has 0 radical (unpaired) electrons. The third kappa shape index (κ3) is 5.60. The number of rotatable bonds is 7. The molecule has 2 aliphatic rings. The lowest BCUT2D eigenvalue weighted by atomic mass is 10.1. The van der Waals surface area contributed by atoms with Crippen LogP contribution in [0.15, 0.2) is 64.5 Å². The first-order valence-corrected chi connectivity index (χ1v) is 12.3. The van der Waals surface area contributed by atoms with E-state index in [1.165, 1.54) is 17.8 Å². The Morgan fingerprint density at radius 2 is 1.76 bits per heavy atom. The summed E-state index contributed by atoms with van der Waals surface area (Å²) < 4.78 is 10.8. The highest BCUT2D eigenvalue weighted by Crippen LogP contribution is 2.32. The van der Waals surface area contributed by atoms with Gasteiger partial charge in [-0.25, -0.2) is 4.98 Å². The highest BCUT2D eigenvalue weighted by Gasteiger charge is 2.22. The van der Waals surface area contributed by atoms with Crippen molar-refractivity contribution in [2.24, 2.45) is 0 Å². The van der Waals surface area contributed by atoms with Crippen molar-refractivity contribution in [2.75, 3.05) is 33.0 Å². The number of hydrogen-bond acceptors (Lipinski definition) is 7. The van der Waals surface area contributed by atoms with Crippen LogP contribution in [0, 0.1) is 0 Å². The van der Waals surface area contributed by atoms with Crippen LogP contribution < -0.4 is 15.0 Å². The number of amides is 1. The fourth-order valence-electron chi connectivity index (χ4n) is 4.09. The second kappa shape index (κ2) is 10.3. The second-order valence-corrected chi connectivity index (χ2v) is 9.30. The SMILES string of the molecule is O=C(Cc1cc(=O)[nH]c(SCc2ccccc2)n1)N1CCN(Cc2ccc3c(c2)OCO3)CC1. The highest BCUT2D eigenvalue weighted by atomic mass is 32.2. The molecule has 2 aliphatic heterocycles. The number of piperazine rings is 1. The molecule has 0 aliphatic carbocycles. The number of thioether (sulfide) groups is 1. The summed E-state index contributed by atoms with van der Waals surface area (Å²) in [7, 11) is 0. The van der Waals surface area contributed by atoms with Crippen LogP contribution in [-0.2, 0) is 23.5 Å². The average Bonchev–Trinajstić information content (AvgIpc) is 3.31. The Balaban J connectivity index is 1.13. The molecule has 5 rings (SSSR count). The van der Waals surface area contributed by atoms with Crippen LogP contribution in [0.3, 0.4) is 0 Å². The largest absolute Gasteiger partial charge is 0.454 e. The molecule has 1 fully saturated rings. The van der Waals surface area contributed by atoms with Gasteiger partial charge in [0.2, 0.25) is 12.7 Å². The molecule has 3 heterocycles. The maximum absolute atomic E-state index is 12.9. The Kier molecular flexibility index (Phi) is 6.82. The van der Waals surface area contributed by atoms with Crippen molar-refractivity contribution in [2.45, 2.75) is 23.9 Å². The Morgan fingerprint density at radius 1 is 0.971 bits per heavy atom. The molecule has 2 aromatic carbocycles. The lowest BCUT2D eigenvalue weighted by Crippen LogP contribution is -2.48. The van der Waals surface area contributed by atoms with Crippen molar-refractivity contribution < 1.29 is 14.3 Å². The summed E-state index contributed by atoms with van der Waals surface area (Å²) in [6.07, 6.45) is 0.130. The summed E-state index contributed by atoms with van der Waals surface area (Å²) in [6.45, 7) is 3.97. The Bertz CT molecular complexity index is 1210. The summed E-state index contributed by atoms with van der Waals surface area (Å²) in [4.78, 5) is 36.4. The molecule has 0 spiro atoms. The number of fused-ring (bicyclic) bond motifs is 1. The zero-order valence-corrected chi connectivity index (χ0v) is 19.6. The molecule has 0 saturated carbocycles. The molecule has 0 atom stereocenters. The molecule has 9 heteroatoms. The van der Waals surface area contributed by atoms with E-state index in [-0.39, 0.29) is 24.7 Å². The van der Waals surface area contributed by atoms with Crippen LogP contribution >= 0.6 is 11.8 Å². The summed E-state index contributed by atoms with van der Waals surface area (Å²) in [6, 6.07) is 17.4. The number of nitrogens with one attached hydrogen (secondary N) is 1. The van der Waals surface area contributed by atoms with Crippen LogP contribution in [0.2, 0.25) is 0 Å². The number of ether oxygens (including phenoxy) is 2. The fraction of sp³-hybridized carbons (Fsp3) is 0.320. The number of nitrogens with zero attached hydrogens (tertiary/aromatic N) is 3. The third-order valence-electron chi connectivity index (χ3n) is 5.89. The van der Waals surface area contributed by atoms with Crippen molar-refractivity contribution in [1.29, 1.82) is 0 Å². The summed E-state index contributed by atoms with van der Waals surface area (Å²) >= 11 is 1.46. The third-order valence-corrected chi connectivity index (χ3v) is 6.84. The lowest BCUT2D eigenvalue weighted by molar-refractivity contribution is -0.132. The van der Waals surface area contributed by atoms with Gasteiger partial charge in [-0.3, -0.25) is 14.5 Å². The molecule has 3 aromatic rings. The van der Waals surface area contributed by atoms with Gasteiger partial charge in [-0.05, 0) is 23.3 Å². The van der Waals surface area contributed by atoms with E-state index in [1.54, 1.807) is 0 Å². The topological polar surface area (TPSA) is 87.8 Å². The number of H-pyrrole nitrogens is 1. The molecule has 176 valence electrons. The van der Waals surface area contributed by atoms with Crippen LogP contribution in [0.25, 0.3) is 0 Å². The minimum Gasteiger partial charge on any atom is -0.454 e. The first-order chi connectivity index (χ1) is 16.6. The summed E-state index contributed by atoms with van der Waals surface area (Å²) in [5.41, 5.74) is 2.58. The van der Waals surface area contributed by atoms with E-state index in [9.17, 15) is 9.59 Å². The van der Waals surface area contributed by atoms with Crippen molar-refractivity contribution in [3.8, 4) is 11.5 Å². The van der Waals surface area contributed by atoms with Gasteiger partial charge in [0.05, 0.1) is 12.1 Å². The van der Waals surface area contributed by atoms with E-state index in [0.29, 0.717) is 29.7 Å². The number of aromatic nitrogens is 2. The van der Waals surface area contributed by atoms with E-state index in [2.05, 4.69) is 20.9 Å². The molecule has 1 N–H and O–H groups in total. The smallest absolute Gasteiger partial charge is 0.251 e. The van der Waals surface area contributed by atoms with Crippen LogP contribution in [0.5, 0.6) is 11.5 Å². The molecule has 8 nitrogen and oxygen atoms in total. The van der Waals surface area contributed by atoms with E-state index < -0.39 is 0 Å². The van der Waals surface area contributed by atoms with Gasteiger partial charge < -0.3 is 19.4 Å². The van der Waals surface area contributed by atoms with Gasteiger partial charge in [-0.1, -0.05) is 48.2 Å². The van der Waals surface area contributed by atoms with E-state index in [0.717, 1.165) is 42.3 Å². The zero-order chi connectivity index (χ0) is 23.3. The molecule has 0 unspecified atom stereocenters. The standard InChI is InChI=1S/C25H26N4O4S/c30-23-13-20(26-25(27-23)34-16-18-4-2-1-3-5-18)14-24(31)29-10-8-28(9-11-29)15-19-6-7-21-22(12-19)33-17-32-21/h1-7,12-13H,8-11,14-17H2,(H,26,27,30). The average molecular weight is 479 g/mol. The van der Waals surface area contributed by atoms with Gasteiger partial charge in [-0.15, -0.1) is 0 Å². The minimum absolute atomic E-state index is 0.000149. The van der Waals surface area contributed by atoms with Crippen LogP contribution in [0.4, 0.5) is 0 Å². The molecular weight excluding hydrogens is 452 g/mol. The van der Waals surface area contributed by atoms with Gasteiger partial charge in [0, 0.05) is 44.5 Å². The number of carbonyl (C=O) groups excluding carboxylic acids is 1. The molecule has 1 aromatic heterocycles. The Morgan fingerprint density at radius 3 is 2.59 bits per heavy atom. The summed E-state index contributed by atoms with van der Waals surface area (Å²) in [5, 5.41) is 0.535. The van der Waals surface area contributed by atoms with Crippen LogP contribution in [0.1, 0.15) is 16.8 Å². The first-order valence-electron chi connectivity index (χ1n) is 11.3. The zero-order valence-electron chi connectivity index (χ0n) is 18.7. The fourth-order valence-corrected chi connectivity index (χ4v) is 4.94. The van der Waals surface area contributed by atoms with Gasteiger partial charge in [-0.2, -0.15) is 0 Å². The Labute approximate surface area is 201 Å². The van der Waals surface area contributed by atoms with Gasteiger partial charge in [0.1, 0.15) is 0 Å². The maximum Gasteiger partial charge on any atom is 0.251 e. The predicted molar refractivity (Wildman–Crippen MR) is 129 cm³/mol. The van der Waals surface area contributed by atoms with Gasteiger partial charge >= 0.3 is 0 Å². The number of benzene rings is 2. The Hall–Kier alpha value is -3.30. The number of hydrogen-bond donors (Lipinski definition) is 1. The van der Waals surface area contributed by atoms with E-state index >= 15 is 0 Å². The van der Waals surface area contributed by atoms with Gasteiger partial charge in [0.15, 0.2) is 16.7 Å². The molecule has 1 amide bonds. The van der Waals surface area contributed by atoms with Crippen molar-refractivity contribution in [3.05, 3.63) is 81.8 Å². The second-order valence-electron chi connectivity index (χ2n) is 8.34. The number of carbonyl (C=O) groups is 1. The lowest BCUT2D eigenvalue weighted by Gasteiger charge is -2.34. The van der Waals surface area contributed by atoms with E-state index in [1.807, 2.05) is 47.4 Å². The summed E-state index contributed by atoms with van der Waals surface area (Å²) in [5.74, 6) is 2.28. The van der Waals surface area contributed by atoms with Crippen molar-refractivity contribution >= 4 is 17.7 Å². The predicted octanol–water partition coefficient (Wildman–Crippen LogP) is 2.68. The molecule has 0 bridgehead atoms. The normalized spacial score (nSPS) is 15.5. The highest BCUT2D eigenvalue weighted by molar-refractivity contribution is 7.98. The van der Waals surface area contributed by atoms with E-state index in [4.69, 9.17) is 9.47 Å². The molecule has 34 heavy (non-hydrogen) atoms.